The maximum absolute atomic E-state index is 10.2. The lowest BCUT2D eigenvalue weighted by Crippen LogP contribution is -2.32. The third kappa shape index (κ3) is 9.27. The van der Waals surface area contributed by atoms with E-state index in [1.165, 1.54) is 0 Å². The minimum atomic E-state index is -0.321. The Kier molecular flexibility index (Phi) is 7.59. The molecule has 0 saturated heterocycles. The summed E-state index contributed by atoms with van der Waals surface area (Å²) in [5.74, 6) is 0. The minimum Gasteiger partial charge on any atom is -0.385 e. The second-order valence-corrected chi connectivity index (χ2v) is 5.34. The van der Waals surface area contributed by atoms with Crippen LogP contribution in [0.3, 0.4) is 0 Å². The van der Waals surface area contributed by atoms with E-state index in [0.29, 0.717) is 13.2 Å². The van der Waals surface area contributed by atoms with Gasteiger partial charge in [-0.05, 0) is 40.5 Å². The number of carbonyl (C=O) groups is 1. The van der Waals surface area contributed by atoms with Gasteiger partial charge in [-0.3, -0.25) is 0 Å². The van der Waals surface area contributed by atoms with Crippen molar-refractivity contribution in [1.29, 1.82) is 0 Å². The molecule has 0 unspecified atom stereocenters. The molecule has 0 aromatic heterocycles. The van der Waals surface area contributed by atoms with E-state index < -0.39 is 0 Å². The van der Waals surface area contributed by atoms with Crippen molar-refractivity contribution in [1.82, 2.24) is 0 Å². The first-order valence-corrected chi connectivity index (χ1v) is 6.03. The van der Waals surface area contributed by atoms with Gasteiger partial charge in [-0.2, -0.15) is 0 Å². The van der Waals surface area contributed by atoms with Gasteiger partial charge in [0.05, 0.1) is 17.8 Å². The van der Waals surface area contributed by atoms with Crippen LogP contribution >= 0.6 is 0 Å². The van der Waals surface area contributed by atoms with Gasteiger partial charge in [0.25, 0.3) is 0 Å². The predicted octanol–water partition coefficient (Wildman–Crippen LogP) is 2.20. The molecule has 0 aromatic carbocycles. The first-order valence-electron chi connectivity index (χ1n) is 6.03. The van der Waals surface area contributed by atoms with Crippen molar-refractivity contribution < 1.29 is 19.0 Å². The summed E-state index contributed by atoms with van der Waals surface area (Å²) in [7, 11) is 1.69. The monoisotopic (exact) mass is 246 g/mol. The first kappa shape index (κ1) is 16.6. The topological polar surface area (TPSA) is 44.8 Å². The number of carbonyl (C=O) groups excluding carboxylic acids is 1. The Bertz CT molecular complexity index is 211. The molecule has 0 atom stereocenters. The fraction of sp³-hybridized carbons (Fsp3) is 0.923. The number of methoxy groups -OCH3 is 1. The number of hydrogen-bond donors (Lipinski definition) is 0. The Balaban J connectivity index is 3.83. The third-order valence-corrected chi connectivity index (χ3v) is 2.65. The zero-order chi connectivity index (χ0) is 13.4. The van der Waals surface area contributed by atoms with Crippen molar-refractivity contribution in [2.24, 2.45) is 0 Å². The Morgan fingerprint density at radius 3 is 2.00 bits per heavy atom. The molecule has 0 aliphatic heterocycles. The van der Waals surface area contributed by atoms with Crippen LogP contribution in [-0.4, -0.2) is 44.4 Å². The quantitative estimate of drug-likeness (QED) is 0.554. The molecule has 0 aromatic rings. The second-order valence-electron chi connectivity index (χ2n) is 5.34. The molecule has 4 nitrogen and oxygen atoms in total. The van der Waals surface area contributed by atoms with Crippen LogP contribution in [0, 0.1) is 0 Å². The molecule has 102 valence electrons. The highest BCUT2D eigenvalue weighted by atomic mass is 16.5. The van der Waals surface area contributed by atoms with Crippen molar-refractivity contribution in [3.05, 3.63) is 0 Å². The number of hydrogen-bond acceptors (Lipinski definition) is 4. The zero-order valence-corrected chi connectivity index (χ0v) is 11.7. The second kappa shape index (κ2) is 7.80. The average Bonchev–Trinajstić information content (AvgIpc) is 2.23. The molecule has 0 aliphatic carbocycles. The number of ether oxygens (including phenoxy) is 3. The summed E-state index contributed by atoms with van der Waals surface area (Å²) in [5, 5.41) is 0. The van der Waals surface area contributed by atoms with Crippen molar-refractivity contribution in [2.75, 3.05) is 26.9 Å². The third-order valence-electron chi connectivity index (χ3n) is 2.65. The van der Waals surface area contributed by atoms with E-state index in [2.05, 4.69) is 0 Å². The molecule has 0 fully saturated rings. The molecule has 0 N–H and O–H groups in total. The number of rotatable bonds is 10. The van der Waals surface area contributed by atoms with Crippen molar-refractivity contribution in [3.8, 4) is 0 Å². The summed E-state index contributed by atoms with van der Waals surface area (Å²) >= 11 is 0. The van der Waals surface area contributed by atoms with E-state index >= 15 is 0 Å². The summed E-state index contributed by atoms with van der Waals surface area (Å²) < 4.78 is 16.2. The van der Waals surface area contributed by atoms with Gasteiger partial charge in [-0.1, -0.05) is 0 Å². The van der Waals surface area contributed by atoms with Crippen LogP contribution in [0.15, 0.2) is 0 Å². The molecule has 0 aliphatic rings. The summed E-state index contributed by atoms with van der Waals surface area (Å²) in [6.07, 6.45) is 2.39. The van der Waals surface area contributed by atoms with Crippen molar-refractivity contribution >= 4 is 6.29 Å². The lowest BCUT2D eigenvalue weighted by molar-refractivity contribution is -0.120. The first-order chi connectivity index (χ1) is 7.83. The zero-order valence-electron chi connectivity index (χ0n) is 11.7. The van der Waals surface area contributed by atoms with E-state index in [4.69, 9.17) is 14.2 Å². The molecule has 0 heterocycles. The van der Waals surface area contributed by atoms with Crippen LogP contribution in [0.2, 0.25) is 0 Å². The molecule has 0 saturated carbocycles. The largest absolute Gasteiger partial charge is 0.385 e. The lowest BCUT2D eigenvalue weighted by Gasteiger charge is -2.29. The van der Waals surface area contributed by atoms with Crippen LogP contribution in [0.25, 0.3) is 0 Å². The molecule has 0 radical (unpaired) electrons. The van der Waals surface area contributed by atoms with E-state index in [1.54, 1.807) is 7.11 Å². The van der Waals surface area contributed by atoms with Gasteiger partial charge in [-0.15, -0.1) is 0 Å². The van der Waals surface area contributed by atoms with E-state index in [9.17, 15) is 4.79 Å². The fourth-order valence-electron chi connectivity index (χ4n) is 1.32. The van der Waals surface area contributed by atoms with Gasteiger partial charge in [0.2, 0.25) is 0 Å². The maximum Gasteiger partial charge on any atom is 0.145 e. The predicted molar refractivity (Wildman–Crippen MR) is 67.2 cm³/mol. The Labute approximate surface area is 105 Å². The van der Waals surface area contributed by atoms with Gasteiger partial charge in [0, 0.05) is 13.7 Å². The average molecular weight is 246 g/mol. The Hall–Kier alpha value is -0.450. The molecule has 0 spiro atoms. The van der Waals surface area contributed by atoms with Crippen molar-refractivity contribution in [2.45, 2.75) is 51.7 Å². The van der Waals surface area contributed by atoms with E-state index in [0.717, 1.165) is 19.1 Å². The van der Waals surface area contributed by atoms with Crippen LogP contribution in [-0.2, 0) is 19.0 Å². The van der Waals surface area contributed by atoms with Gasteiger partial charge in [0.1, 0.15) is 12.9 Å². The Morgan fingerprint density at radius 2 is 1.47 bits per heavy atom. The standard InChI is InChI=1S/C13H26O4/c1-12(2,6-9-15-5)16-10-7-13(3,4)17-11-8-14/h8H,6-7,9-11H2,1-5H3. The SMILES string of the molecule is COCCC(C)(C)OCCC(C)(C)OCC=O. The number of aldehydes is 1. The highest BCUT2D eigenvalue weighted by Gasteiger charge is 2.22. The molecule has 0 rings (SSSR count). The smallest absolute Gasteiger partial charge is 0.145 e. The fourth-order valence-corrected chi connectivity index (χ4v) is 1.32. The van der Waals surface area contributed by atoms with E-state index in [-0.39, 0.29) is 17.8 Å². The maximum atomic E-state index is 10.2. The molecular weight excluding hydrogens is 220 g/mol. The van der Waals surface area contributed by atoms with Gasteiger partial charge in [-0.25, -0.2) is 0 Å². The van der Waals surface area contributed by atoms with E-state index in [1.807, 2.05) is 27.7 Å². The molecule has 0 bridgehead atoms. The molecule has 0 amide bonds. The summed E-state index contributed by atoms with van der Waals surface area (Å²) in [5.41, 5.74) is -0.505. The molecule has 4 heteroatoms. The van der Waals surface area contributed by atoms with Gasteiger partial charge >= 0.3 is 0 Å². The highest BCUT2D eigenvalue weighted by molar-refractivity contribution is 5.50. The normalized spacial score (nSPS) is 12.8. The van der Waals surface area contributed by atoms with Crippen molar-refractivity contribution in [3.63, 3.8) is 0 Å². The van der Waals surface area contributed by atoms with Crippen LogP contribution in [0.5, 0.6) is 0 Å². The summed E-state index contributed by atoms with van der Waals surface area (Å²) in [6, 6.07) is 0. The molecular formula is C13H26O4. The van der Waals surface area contributed by atoms with Gasteiger partial charge in [0.15, 0.2) is 0 Å². The molecule has 17 heavy (non-hydrogen) atoms. The minimum absolute atomic E-state index is 0.139. The highest BCUT2D eigenvalue weighted by Crippen LogP contribution is 2.19. The summed E-state index contributed by atoms with van der Waals surface area (Å²) in [6.45, 7) is 9.46. The van der Waals surface area contributed by atoms with Crippen LogP contribution in [0.1, 0.15) is 40.5 Å². The van der Waals surface area contributed by atoms with Gasteiger partial charge < -0.3 is 19.0 Å². The lowest BCUT2D eigenvalue weighted by atomic mass is 10.0. The van der Waals surface area contributed by atoms with Crippen LogP contribution in [0.4, 0.5) is 0 Å². The summed E-state index contributed by atoms with van der Waals surface area (Å²) in [4.78, 5) is 10.2. The van der Waals surface area contributed by atoms with Crippen LogP contribution < -0.4 is 0 Å². The Morgan fingerprint density at radius 1 is 0.941 bits per heavy atom.